The zero-order valence-electron chi connectivity index (χ0n) is 8.28. The quantitative estimate of drug-likeness (QED) is 0.713. The van der Waals surface area contributed by atoms with Gasteiger partial charge in [-0.25, -0.2) is 0 Å². The van der Waals surface area contributed by atoms with Gasteiger partial charge in [0.05, 0.1) is 0 Å². The van der Waals surface area contributed by atoms with Gasteiger partial charge in [-0.1, -0.05) is 18.2 Å². The summed E-state index contributed by atoms with van der Waals surface area (Å²) in [6.07, 6.45) is 0. The minimum Gasteiger partial charge on any atom is -0.456 e. The van der Waals surface area contributed by atoms with Crippen LogP contribution in [0.25, 0.3) is 0 Å². The van der Waals surface area contributed by atoms with Crippen LogP contribution in [0.5, 0.6) is 11.5 Å². The number of para-hydroxylation sites is 1. The minimum atomic E-state index is 0.939. The topological polar surface area (TPSA) is 9.23 Å². The monoisotopic (exact) mass is 204 g/mol. The fraction of sp³-hybridized carbons (Fsp3) is 0.167. The second kappa shape index (κ2) is 3.84. The van der Waals surface area contributed by atoms with Crippen LogP contribution in [0.4, 0.5) is 0 Å². The summed E-state index contributed by atoms with van der Waals surface area (Å²) in [5, 5.41) is 4.12. The summed E-state index contributed by atoms with van der Waals surface area (Å²) >= 11 is 1.67. The molecule has 1 aromatic heterocycles. The van der Waals surface area contributed by atoms with E-state index in [4.69, 9.17) is 4.74 Å². The van der Waals surface area contributed by atoms with Crippen LogP contribution in [-0.4, -0.2) is 0 Å². The first-order valence-corrected chi connectivity index (χ1v) is 5.48. The lowest BCUT2D eigenvalue weighted by Crippen LogP contribution is -1.86. The van der Waals surface area contributed by atoms with Crippen molar-refractivity contribution in [3.63, 3.8) is 0 Å². The molecule has 2 heteroatoms. The Balaban J connectivity index is 2.28. The van der Waals surface area contributed by atoms with Crippen LogP contribution in [0.15, 0.2) is 35.0 Å². The highest BCUT2D eigenvalue weighted by atomic mass is 32.1. The molecule has 0 saturated carbocycles. The van der Waals surface area contributed by atoms with Gasteiger partial charge in [0.1, 0.15) is 11.5 Å². The molecule has 0 radical (unpaired) electrons. The van der Waals surface area contributed by atoms with Gasteiger partial charge in [0.2, 0.25) is 0 Å². The van der Waals surface area contributed by atoms with Crippen molar-refractivity contribution in [1.82, 2.24) is 0 Å². The zero-order chi connectivity index (χ0) is 9.97. The first kappa shape index (κ1) is 9.28. The van der Waals surface area contributed by atoms with Gasteiger partial charge in [-0.15, -0.1) is 11.3 Å². The molecule has 0 saturated heterocycles. The Morgan fingerprint density at radius 2 is 1.71 bits per heavy atom. The summed E-state index contributed by atoms with van der Waals surface area (Å²) in [5.41, 5.74) is 2.36. The molecule has 1 nitrogen and oxygen atoms in total. The maximum absolute atomic E-state index is 5.79. The third-order valence-electron chi connectivity index (χ3n) is 2.12. The summed E-state index contributed by atoms with van der Waals surface area (Å²) in [6.45, 7) is 4.11. The van der Waals surface area contributed by atoms with Crippen molar-refractivity contribution < 1.29 is 4.74 Å². The summed E-state index contributed by atoms with van der Waals surface area (Å²) in [4.78, 5) is 0. The summed E-state index contributed by atoms with van der Waals surface area (Å²) in [6, 6.07) is 8.05. The van der Waals surface area contributed by atoms with Gasteiger partial charge in [-0.05, 0) is 30.9 Å². The lowest BCUT2D eigenvalue weighted by atomic mass is 10.2. The molecule has 0 aliphatic carbocycles. The largest absolute Gasteiger partial charge is 0.456 e. The Morgan fingerprint density at radius 3 is 2.36 bits per heavy atom. The Kier molecular flexibility index (Phi) is 2.55. The number of rotatable bonds is 2. The fourth-order valence-electron chi connectivity index (χ4n) is 1.24. The number of hydrogen-bond acceptors (Lipinski definition) is 2. The van der Waals surface area contributed by atoms with Crippen LogP contribution in [0.3, 0.4) is 0 Å². The summed E-state index contributed by atoms with van der Waals surface area (Å²) in [7, 11) is 0. The third-order valence-corrected chi connectivity index (χ3v) is 2.96. The molecule has 1 aromatic carbocycles. The van der Waals surface area contributed by atoms with Crippen molar-refractivity contribution in [2.45, 2.75) is 13.8 Å². The number of aryl methyl sites for hydroxylation is 2. The molecule has 0 unspecified atom stereocenters. The standard InChI is InChI=1S/C12H12OS/c1-9-5-3-4-6-11(9)13-12-8-14-7-10(12)2/h3-8H,1-2H3. The van der Waals surface area contributed by atoms with Crippen LogP contribution in [0.1, 0.15) is 11.1 Å². The van der Waals surface area contributed by atoms with E-state index < -0.39 is 0 Å². The maximum atomic E-state index is 5.79. The highest BCUT2D eigenvalue weighted by Gasteiger charge is 2.03. The van der Waals surface area contributed by atoms with E-state index in [2.05, 4.69) is 25.3 Å². The molecular formula is C12H12OS. The van der Waals surface area contributed by atoms with E-state index in [-0.39, 0.29) is 0 Å². The highest BCUT2D eigenvalue weighted by Crippen LogP contribution is 2.29. The summed E-state index contributed by atoms with van der Waals surface area (Å²) < 4.78 is 5.79. The van der Waals surface area contributed by atoms with Crippen LogP contribution < -0.4 is 4.74 Å². The van der Waals surface area contributed by atoms with Crippen molar-refractivity contribution in [1.29, 1.82) is 0 Å². The molecule has 0 aliphatic rings. The van der Waals surface area contributed by atoms with Crippen molar-refractivity contribution in [3.8, 4) is 11.5 Å². The second-order valence-corrected chi connectivity index (χ2v) is 4.03. The maximum Gasteiger partial charge on any atom is 0.141 e. The molecule has 14 heavy (non-hydrogen) atoms. The molecule has 1 heterocycles. The van der Waals surface area contributed by atoms with Gasteiger partial charge in [0, 0.05) is 10.9 Å². The van der Waals surface area contributed by atoms with Crippen LogP contribution in [-0.2, 0) is 0 Å². The Bertz CT molecular complexity index is 431. The van der Waals surface area contributed by atoms with E-state index in [0.29, 0.717) is 0 Å². The van der Waals surface area contributed by atoms with Gasteiger partial charge < -0.3 is 4.74 Å². The molecule has 72 valence electrons. The van der Waals surface area contributed by atoms with Crippen LogP contribution in [0, 0.1) is 13.8 Å². The normalized spacial score (nSPS) is 10.1. The molecule has 0 bridgehead atoms. The predicted octanol–water partition coefficient (Wildman–Crippen LogP) is 4.16. The Labute approximate surface area is 88.0 Å². The number of hydrogen-bond donors (Lipinski definition) is 0. The average molecular weight is 204 g/mol. The van der Waals surface area contributed by atoms with E-state index in [9.17, 15) is 0 Å². The molecule has 2 aromatic rings. The van der Waals surface area contributed by atoms with Crippen LogP contribution >= 0.6 is 11.3 Å². The van der Waals surface area contributed by atoms with Gasteiger partial charge in [0.15, 0.2) is 0 Å². The van der Waals surface area contributed by atoms with Gasteiger partial charge in [-0.2, -0.15) is 0 Å². The first-order valence-electron chi connectivity index (χ1n) is 4.53. The molecule has 0 spiro atoms. The number of ether oxygens (including phenoxy) is 1. The Hall–Kier alpha value is -1.28. The lowest BCUT2D eigenvalue weighted by Gasteiger charge is -2.07. The van der Waals surface area contributed by atoms with E-state index in [1.54, 1.807) is 11.3 Å². The molecule has 0 aliphatic heterocycles. The second-order valence-electron chi connectivity index (χ2n) is 3.29. The van der Waals surface area contributed by atoms with Crippen molar-refractivity contribution in [2.24, 2.45) is 0 Å². The fourth-order valence-corrected chi connectivity index (χ4v) is 1.99. The SMILES string of the molecule is Cc1ccccc1Oc1cscc1C. The van der Waals surface area contributed by atoms with Crippen molar-refractivity contribution >= 4 is 11.3 Å². The van der Waals surface area contributed by atoms with Crippen LogP contribution in [0.2, 0.25) is 0 Å². The summed E-state index contributed by atoms with van der Waals surface area (Å²) in [5.74, 6) is 1.90. The van der Waals surface area contributed by atoms with Gasteiger partial charge in [0.25, 0.3) is 0 Å². The van der Waals surface area contributed by atoms with E-state index >= 15 is 0 Å². The minimum absolute atomic E-state index is 0.939. The number of benzene rings is 1. The molecule has 0 N–H and O–H groups in total. The highest BCUT2D eigenvalue weighted by molar-refractivity contribution is 7.08. The van der Waals surface area contributed by atoms with E-state index in [0.717, 1.165) is 17.1 Å². The van der Waals surface area contributed by atoms with Crippen molar-refractivity contribution in [3.05, 3.63) is 46.2 Å². The van der Waals surface area contributed by atoms with Crippen molar-refractivity contribution in [2.75, 3.05) is 0 Å². The zero-order valence-corrected chi connectivity index (χ0v) is 9.10. The lowest BCUT2D eigenvalue weighted by molar-refractivity contribution is 0.478. The molecule has 0 atom stereocenters. The average Bonchev–Trinajstić information content (AvgIpc) is 2.56. The van der Waals surface area contributed by atoms with Gasteiger partial charge in [-0.3, -0.25) is 0 Å². The first-order chi connectivity index (χ1) is 6.77. The van der Waals surface area contributed by atoms with E-state index in [1.807, 2.05) is 23.6 Å². The molecular weight excluding hydrogens is 192 g/mol. The van der Waals surface area contributed by atoms with Gasteiger partial charge >= 0.3 is 0 Å². The third kappa shape index (κ3) is 1.80. The Morgan fingerprint density at radius 1 is 0.929 bits per heavy atom. The molecule has 0 fully saturated rings. The number of thiophene rings is 1. The molecule has 0 amide bonds. The smallest absolute Gasteiger partial charge is 0.141 e. The van der Waals surface area contributed by atoms with E-state index in [1.165, 1.54) is 5.56 Å². The molecule has 2 rings (SSSR count). The predicted molar refractivity (Wildman–Crippen MR) is 60.3 cm³/mol.